The molecule has 0 aromatic heterocycles. The average Bonchev–Trinajstić information content (AvgIpc) is 2.18. The van der Waals surface area contributed by atoms with Crippen LogP contribution in [0.4, 0.5) is 4.79 Å². The maximum atomic E-state index is 11.8. The maximum absolute atomic E-state index is 11.8. The third-order valence-corrected chi connectivity index (χ3v) is 2.74. The molecule has 1 fully saturated rings. The van der Waals surface area contributed by atoms with Gasteiger partial charge < -0.3 is 10.2 Å². The number of rotatable bonds is 2. The molecule has 3 nitrogen and oxygen atoms in total. The van der Waals surface area contributed by atoms with E-state index < -0.39 is 0 Å². The fourth-order valence-electron chi connectivity index (χ4n) is 1.90. The lowest BCUT2D eigenvalue weighted by atomic mass is 10.0. The fraction of sp³-hybridized carbons (Fsp3) is 0.750. The van der Waals surface area contributed by atoms with Crippen LogP contribution in [0.1, 0.15) is 33.1 Å². The van der Waals surface area contributed by atoms with Crippen LogP contribution in [0.3, 0.4) is 0 Å². The maximum Gasteiger partial charge on any atom is 0.317 e. The Kier molecular flexibility index (Phi) is 4.48. The number of piperidine rings is 1. The highest BCUT2D eigenvalue weighted by Crippen LogP contribution is 2.15. The number of terminal acetylenes is 1. The molecule has 0 aromatic carbocycles. The Bertz CT molecular complexity index is 257. The second-order valence-electron chi connectivity index (χ2n) is 4.45. The monoisotopic (exact) mass is 208 g/mol. The molecule has 2 atom stereocenters. The smallest absolute Gasteiger partial charge is 0.317 e. The number of hydrogen-bond donors (Lipinski definition) is 1. The second-order valence-corrected chi connectivity index (χ2v) is 4.45. The van der Waals surface area contributed by atoms with Crippen molar-refractivity contribution in [3.8, 4) is 12.3 Å². The van der Waals surface area contributed by atoms with Gasteiger partial charge in [-0.05, 0) is 25.7 Å². The molecule has 1 aliphatic rings. The van der Waals surface area contributed by atoms with Crippen molar-refractivity contribution in [3.63, 3.8) is 0 Å². The van der Waals surface area contributed by atoms with Gasteiger partial charge in [-0.1, -0.05) is 6.92 Å². The number of carbonyl (C=O) groups excluding carboxylic acids is 1. The molecule has 1 N–H and O–H groups in total. The normalized spacial score (nSPS) is 23.0. The van der Waals surface area contributed by atoms with Crippen molar-refractivity contribution in [1.82, 2.24) is 10.2 Å². The van der Waals surface area contributed by atoms with Crippen molar-refractivity contribution in [2.75, 3.05) is 13.1 Å². The Morgan fingerprint density at radius 2 is 2.47 bits per heavy atom. The van der Waals surface area contributed by atoms with Crippen molar-refractivity contribution in [2.45, 2.75) is 39.2 Å². The summed E-state index contributed by atoms with van der Waals surface area (Å²) in [6.45, 7) is 5.86. The summed E-state index contributed by atoms with van der Waals surface area (Å²) in [5.41, 5.74) is 0. The zero-order chi connectivity index (χ0) is 11.3. The minimum atomic E-state index is 0.0318. The Morgan fingerprint density at radius 1 is 1.73 bits per heavy atom. The van der Waals surface area contributed by atoms with Crippen LogP contribution in [0.25, 0.3) is 0 Å². The van der Waals surface area contributed by atoms with E-state index in [-0.39, 0.29) is 12.1 Å². The number of nitrogens with one attached hydrogen (secondary N) is 1. The second kappa shape index (κ2) is 5.65. The summed E-state index contributed by atoms with van der Waals surface area (Å²) in [6, 6.07) is 0.101. The molecule has 0 radical (unpaired) electrons. The van der Waals surface area contributed by atoms with Gasteiger partial charge in [-0.3, -0.25) is 0 Å². The van der Waals surface area contributed by atoms with Crippen molar-refractivity contribution >= 4 is 6.03 Å². The molecule has 15 heavy (non-hydrogen) atoms. The summed E-state index contributed by atoms with van der Waals surface area (Å²) in [6.07, 6.45) is 8.12. The average molecular weight is 208 g/mol. The van der Waals surface area contributed by atoms with Gasteiger partial charge in [0, 0.05) is 25.6 Å². The molecule has 2 unspecified atom stereocenters. The van der Waals surface area contributed by atoms with E-state index in [0.717, 1.165) is 19.5 Å². The summed E-state index contributed by atoms with van der Waals surface area (Å²) in [5.74, 6) is 3.17. The first-order chi connectivity index (χ1) is 7.13. The molecule has 1 saturated heterocycles. The Labute approximate surface area is 92.2 Å². The van der Waals surface area contributed by atoms with Crippen LogP contribution < -0.4 is 5.32 Å². The number of carbonyl (C=O) groups is 1. The molecule has 3 heteroatoms. The number of hydrogen-bond acceptors (Lipinski definition) is 1. The van der Waals surface area contributed by atoms with E-state index in [2.05, 4.69) is 18.2 Å². The highest BCUT2D eigenvalue weighted by Gasteiger charge is 2.21. The molecular formula is C12H20N2O. The van der Waals surface area contributed by atoms with Crippen LogP contribution in [0.5, 0.6) is 0 Å². The van der Waals surface area contributed by atoms with Gasteiger partial charge in [0.2, 0.25) is 0 Å². The summed E-state index contributed by atoms with van der Waals surface area (Å²) < 4.78 is 0. The van der Waals surface area contributed by atoms with Gasteiger partial charge in [0.15, 0.2) is 0 Å². The van der Waals surface area contributed by atoms with Gasteiger partial charge in [0.05, 0.1) is 0 Å². The fourth-order valence-corrected chi connectivity index (χ4v) is 1.90. The quantitative estimate of drug-likeness (QED) is 0.690. The van der Waals surface area contributed by atoms with Gasteiger partial charge in [0.1, 0.15) is 0 Å². The molecule has 1 rings (SSSR count). The number of amides is 2. The molecule has 0 aromatic rings. The molecule has 84 valence electrons. The summed E-state index contributed by atoms with van der Waals surface area (Å²) in [5, 5.41) is 2.92. The van der Waals surface area contributed by atoms with E-state index in [1.165, 1.54) is 6.42 Å². The first-order valence-electron chi connectivity index (χ1n) is 5.62. The molecule has 1 aliphatic heterocycles. The summed E-state index contributed by atoms with van der Waals surface area (Å²) in [7, 11) is 0. The lowest BCUT2D eigenvalue weighted by Gasteiger charge is -2.31. The van der Waals surface area contributed by atoms with Crippen LogP contribution in [0.15, 0.2) is 0 Å². The van der Waals surface area contributed by atoms with Gasteiger partial charge in [-0.25, -0.2) is 4.79 Å². The Balaban J connectivity index is 2.36. The lowest BCUT2D eigenvalue weighted by molar-refractivity contribution is 0.167. The van der Waals surface area contributed by atoms with E-state index in [4.69, 9.17) is 6.42 Å². The first kappa shape index (κ1) is 11.9. The van der Waals surface area contributed by atoms with E-state index in [9.17, 15) is 4.79 Å². The topological polar surface area (TPSA) is 32.3 Å². The van der Waals surface area contributed by atoms with Gasteiger partial charge in [0.25, 0.3) is 0 Å². The number of urea groups is 1. The van der Waals surface area contributed by atoms with Crippen molar-refractivity contribution in [1.29, 1.82) is 0 Å². The van der Waals surface area contributed by atoms with Crippen LogP contribution in [-0.2, 0) is 0 Å². The Hall–Kier alpha value is -1.17. The van der Waals surface area contributed by atoms with Crippen LogP contribution in [0, 0.1) is 18.3 Å². The highest BCUT2D eigenvalue weighted by molar-refractivity contribution is 5.74. The third kappa shape index (κ3) is 3.83. The van der Waals surface area contributed by atoms with Crippen LogP contribution in [-0.4, -0.2) is 30.1 Å². The predicted octanol–water partition coefficient (Wildman–Crippen LogP) is 1.84. The molecule has 0 aliphatic carbocycles. The SMILES string of the molecule is C#CCC(C)NC(=O)N1CCCC(C)C1. The number of nitrogens with zero attached hydrogens (tertiary/aromatic N) is 1. The minimum absolute atomic E-state index is 0.0318. The van der Waals surface area contributed by atoms with E-state index in [1.807, 2.05) is 11.8 Å². The van der Waals surface area contributed by atoms with Gasteiger partial charge >= 0.3 is 6.03 Å². The van der Waals surface area contributed by atoms with Crippen molar-refractivity contribution in [2.24, 2.45) is 5.92 Å². The molecular weight excluding hydrogens is 188 g/mol. The zero-order valence-electron chi connectivity index (χ0n) is 9.62. The van der Waals surface area contributed by atoms with Gasteiger partial charge in [-0.2, -0.15) is 0 Å². The van der Waals surface area contributed by atoms with E-state index in [0.29, 0.717) is 12.3 Å². The van der Waals surface area contributed by atoms with Gasteiger partial charge in [-0.15, -0.1) is 12.3 Å². The molecule has 0 bridgehead atoms. The van der Waals surface area contributed by atoms with E-state index in [1.54, 1.807) is 0 Å². The Morgan fingerprint density at radius 3 is 3.07 bits per heavy atom. The third-order valence-electron chi connectivity index (χ3n) is 2.74. The van der Waals surface area contributed by atoms with Crippen LogP contribution in [0.2, 0.25) is 0 Å². The summed E-state index contributed by atoms with van der Waals surface area (Å²) >= 11 is 0. The number of likely N-dealkylation sites (tertiary alicyclic amines) is 1. The van der Waals surface area contributed by atoms with E-state index >= 15 is 0 Å². The molecule has 0 saturated carbocycles. The highest BCUT2D eigenvalue weighted by atomic mass is 16.2. The summed E-state index contributed by atoms with van der Waals surface area (Å²) in [4.78, 5) is 13.7. The first-order valence-corrected chi connectivity index (χ1v) is 5.62. The van der Waals surface area contributed by atoms with Crippen LogP contribution >= 0.6 is 0 Å². The lowest BCUT2D eigenvalue weighted by Crippen LogP contribution is -2.47. The molecule has 1 heterocycles. The van der Waals surface area contributed by atoms with Crippen molar-refractivity contribution < 1.29 is 4.79 Å². The molecule has 2 amide bonds. The predicted molar refractivity (Wildman–Crippen MR) is 61.4 cm³/mol. The largest absolute Gasteiger partial charge is 0.335 e. The molecule has 0 spiro atoms. The standard InChI is InChI=1S/C12H20N2O/c1-4-6-11(3)13-12(15)14-8-5-7-10(2)9-14/h1,10-11H,5-9H2,2-3H3,(H,13,15). The minimum Gasteiger partial charge on any atom is -0.335 e. The van der Waals surface area contributed by atoms with Crippen molar-refractivity contribution in [3.05, 3.63) is 0 Å². The zero-order valence-corrected chi connectivity index (χ0v) is 9.62.